The molecule has 0 unspecified atom stereocenters. The summed E-state index contributed by atoms with van der Waals surface area (Å²) in [5.74, 6) is 0.790. The van der Waals surface area contributed by atoms with E-state index in [0.717, 1.165) is 42.9 Å². The van der Waals surface area contributed by atoms with Crippen molar-refractivity contribution in [2.24, 2.45) is 0 Å². The van der Waals surface area contributed by atoms with Gasteiger partial charge in [-0.15, -0.1) is 0 Å². The fourth-order valence-electron chi connectivity index (χ4n) is 3.41. The third-order valence-corrected chi connectivity index (χ3v) is 4.95. The Labute approximate surface area is 152 Å². The number of amides is 1. The van der Waals surface area contributed by atoms with Crippen LogP contribution in [0.5, 0.6) is 0 Å². The maximum atomic E-state index is 12.7. The highest BCUT2D eigenvalue weighted by Crippen LogP contribution is 2.19. The van der Waals surface area contributed by atoms with Gasteiger partial charge < -0.3 is 14.8 Å². The number of fused-ring (bicyclic) bond motifs is 1. The highest BCUT2D eigenvalue weighted by Gasteiger charge is 2.25. The molecular weight excluding hydrogens is 328 g/mol. The highest BCUT2D eigenvalue weighted by molar-refractivity contribution is 5.83. The van der Waals surface area contributed by atoms with Gasteiger partial charge in [0.25, 0.3) is 0 Å². The molecule has 0 aliphatic carbocycles. The van der Waals surface area contributed by atoms with E-state index in [0.29, 0.717) is 0 Å². The number of imidazole rings is 1. The predicted molar refractivity (Wildman–Crippen MR) is 99.9 cm³/mol. The molecule has 3 aromatic rings. The second-order valence-electron chi connectivity index (χ2n) is 6.64. The van der Waals surface area contributed by atoms with Gasteiger partial charge in [-0.25, -0.2) is 15.0 Å². The van der Waals surface area contributed by atoms with Crippen molar-refractivity contribution in [1.82, 2.24) is 24.8 Å². The van der Waals surface area contributed by atoms with Crippen molar-refractivity contribution < 1.29 is 4.79 Å². The molecular formula is C19H22N6O. The number of aromatic nitrogens is 4. The Morgan fingerprint density at radius 2 is 1.85 bits per heavy atom. The molecule has 1 aromatic carbocycles. The summed E-state index contributed by atoms with van der Waals surface area (Å²) >= 11 is 0. The average Bonchev–Trinajstić information content (AvgIpc) is 3.13. The summed E-state index contributed by atoms with van der Waals surface area (Å²) in [6.45, 7) is 3.60. The van der Waals surface area contributed by atoms with Gasteiger partial charge in [-0.3, -0.25) is 4.79 Å². The van der Waals surface area contributed by atoms with E-state index in [4.69, 9.17) is 0 Å². The van der Waals surface area contributed by atoms with Crippen LogP contribution < -0.4 is 10.2 Å². The molecule has 1 aliphatic heterocycles. The number of nitrogens with zero attached hydrogens (tertiary/aromatic N) is 5. The topological polar surface area (TPSA) is 75.9 Å². The van der Waals surface area contributed by atoms with Crippen LogP contribution in [0.25, 0.3) is 11.0 Å². The van der Waals surface area contributed by atoms with Crippen LogP contribution in [0.1, 0.15) is 25.8 Å². The maximum Gasteiger partial charge on any atom is 0.243 e. The predicted octanol–water partition coefficient (Wildman–Crippen LogP) is 2.17. The molecule has 0 saturated carbocycles. The molecule has 1 atom stereocenters. The molecule has 0 bridgehead atoms. The third-order valence-electron chi connectivity index (χ3n) is 4.95. The standard InChI is InChI=1S/C19H22N6O/c1-14(25-13-22-16-5-2-3-6-17(16)25)18(26)23-15-7-11-24(12-8-15)19-20-9-4-10-21-19/h2-6,9-10,13-15H,7-8,11-12H2,1H3,(H,23,26)/t14-/m1/s1. The summed E-state index contributed by atoms with van der Waals surface area (Å²) in [5, 5.41) is 3.19. The zero-order chi connectivity index (χ0) is 17.9. The van der Waals surface area contributed by atoms with Crippen LogP contribution >= 0.6 is 0 Å². The van der Waals surface area contributed by atoms with Crippen LogP contribution in [0, 0.1) is 0 Å². The lowest BCUT2D eigenvalue weighted by atomic mass is 10.0. The molecule has 2 aromatic heterocycles. The van der Waals surface area contributed by atoms with Crippen LogP contribution in [0.15, 0.2) is 49.1 Å². The van der Waals surface area contributed by atoms with E-state index in [1.807, 2.05) is 41.8 Å². The van der Waals surface area contributed by atoms with Crippen LogP contribution in [0.2, 0.25) is 0 Å². The Kier molecular flexibility index (Phi) is 4.51. The first-order chi connectivity index (χ1) is 12.7. The largest absolute Gasteiger partial charge is 0.351 e. The molecule has 1 N–H and O–H groups in total. The van der Waals surface area contributed by atoms with Crippen molar-refractivity contribution in [1.29, 1.82) is 0 Å². The first-order valence-corrected chi connectivity index (χ1v) is 8.96. The van der Waals surface area contributed by atoms with Crippen molar-refractivity contribution in [2.45, 2.75) is 31.8 Å². The van der Waals surface area contributed by atoms with E-state index in [2.05, 4.69) is 25.2 Å². The van der Waals surface area contributed by atoms with Gasteiger partial charge in [-0.1, -0.05) is 12.1 Å². The minimum absolute atomic E-state index is 0.0302. The van der Waals surface area contributed by atoms with Gasteiger partial charge in [0.1, 0.15) is 6.04 Å². The minimum Gasteiger partial charge on any atom is -0.351 e. The van der Waals surface area contributed by atoms with E-state index in [9.17, 15) is 4.79 Å². The van der Waals surface area contributed by atoms with Crippen molar-refractivity contribution in [3.8, 4) is 0 Å². The second kappa shape index (κ2) is 7.11. The molecule has 1 saturated heterocycles. The lowest BCUT2D eigenvalue weighted by Crippen LogP contribution is -2.46. The van der Waals surface area contributed by atoms with E-state index >= 15 is 0 Å². The number of hydrogen-bond donors (Lipinski definition) is 1. The SMILES string of the molecule is C[C@H](C(=O)NC1CCN(c2ncccn2)CC1)n1cnc2ccccc21. The molecule has 7 heteroatoms. The number of benzene rings is 1. The molecule has 1 amide bonds. The van der Waals surface area contributed by atoms with Crippen molar-refractivity contribution in [2.75, 3.05) is 18.0 Å². The summed E-state index contributed by atoms with van der Waals surface area (Å²) in [7, 11) is 0. The Balaban J connectivity index is 1.37. The van der Waals surface area contributed by atoms with Gasteiger partial charge in [0, 0.05) is 31.5 Å². The molecule has 1 aliphatic rings. The lowest BCUT2D eigenvalue weighted by Gasteiger charge is -2.32. The van der Waals surface area contributed by atoms with E-state index < -0.39 is 0 Å². The summed E-state index contributed by atoms with van der Waals surface area (Å²) in [4.78, 5) is 27.8. The Hall–Kier alpha value is -2.96. The van der Waals surface area contributed by atoms with Gasteiger partial charge in [0.15, 0.2) is 0 Å². The molecule has 26 heavy (non-hydrogen) atoms. The van der Waals surface area contributed by atoms with Gasteiger partial charge in [-0.05, 0) is 38.0 Å². The molecule has 4 rings (SSSR count). The lowest BCUT2D eigenvalue weighted by molar-refractivity contribution is -0.124. The van der Waals surface area contributed by atoms with E-state index in [1.165, 1.54) is 0 Å². The van der Waals surface area contributed by atoms with E-state index in [1.54, 1.807) is 18.7 Å². The van der Waals surface area contributed by atoms with Gasteiger partial charge in [0.2, 0.25) is 11.9 Å². The Bertz CT molecular complexity index is 885. The van der Waals surface area contributed by atoms with Crippen molar-refractivity contribution >= 4 is 22.9 Å². The molecule has 0 spiro atoms. The third kappa shape index (κ3) is 3.24. The Morgan fingerprint density at radius 1 is 1.12 bits per heavy atom. The Morgan fingerprint density at radius 3 is 2.62 bits per heavy atom. The van der Waals surface area contributed by atoms with Gasteiger partial charge >= 0.3 is 0 Å². The van der Waals surface area contributed by atoms with Gasteiger partial charge in [0.05, 0.1) is 17.4 Å². The first-order valence-electron chi connectivity index (χ1n) is 8.96. The average molecular weight is 350 g/mol. The number of carbonyl (C=O) groups excluding carboxylic acids is 1. The fraction of sp³-hybridized carbons (Fsp3) is 0.368. The van der Waals surface area contributed by atoms with Crippen molar-refractivity contribution in [3.63, 3.8) is 0 Å². The zero-order valence-electron chi connectivity index (χ0n) is 14.7. The monoisotopic (exact) mass is 350 g/mol. The van der Waals surface area contributed by atoms with Crippen LogP contribution in [-0.2, 0) is 4.79 Å². The molecule has 134 valence electrons. The van der Waals surface area contributed by atoms with Crippen molar-refractivity contribution in [3.05, 3.63) is 49.1 Å². The quantitative estimate of drug-likeness (QED) is 0.780. The van der Waals surface area contributed by atoms with Crippen LogP contribution in [0.4, 0.5) is 5.95 Å². The number of nitrogens with one attached hydrogen (secondary N) is 1. The molecule has 1 fully saturated rings. The van der Waals surface area contributed by atoms with Crippen LogP contribution in [0.3, 0.4) is 0 Å². The second-order valence-corrected chi connectivity index (χ2v) is 6.64. The number of piperidine rings is 1. The number of anilines is 1. The number of carbonyl (C=O) groups is 1. The van der Waals surface area contributed by atoms with Gasteiger partial charge in [-0.2, -0.15) is 0 Å². The number of hydrogen-bond acceptors (Lipinski definition) is 5. The highest BCUT2D eigenvalue weighted by atomic mass is 16.2. The summed E-state index contributed by atoms with van der Waals surface area (Å²) in [5.41, 5.74) is 1.88. The van der Waals surface area contributed by atoms with E-state index in [-0.39, 0.29) is 18.0 Å². The summed E-state index contributed by atoms with van der Waals surface area (Å²) < 4.78 is 1.93. The normalized spacial score (nSPS) is 16.6. The summed E-state index contributed by atoms with van der Waals surface area (Å²) in [6, 6.07) is 9.57. The zero-order valence-corrected chi connectivity index (χ0v) is 14.7. The minimum atomic E-state index is -0.294. The fourth-order valence-corrected chi connectivity index (χ4v) is 3.41. The molecule has 0 radical (unpaired) electrons. The first kappa shape index (κ1) is 16.5. The number of rotatable bonds is 4. The smallest absolute Gasteiger partial charge is 0.243 e. The maximum absolute atomic E-state index is 12.7. The molecule has 3 heterocycles. The summed E-state index contributed by atoms with van der Waals surface area (Å²) in [6.07, 6.45) is 7.04. The number of para-hydroxylation sites is 2. The van der Waals surface area contributed by atoms with Crippen LogP contribution in [-0.4, -0.2) is 44.6 Å². The molecule has 7 nitrogen and oxygen atoms in total.